The number of alkyl halides is 3. The number of carbonyl (C=O) groups is 1. The van der Waals surface area contributed by atoms with Crippen LogP contribution >= 0.6 is 0 Å². The molecule has 0 fully saturated rings. The summed E-state index contributed by atoms with van der Waals surface area (Å²) in [6, 6.07) is 1.79. The topological polar surface area (TPSA) is 46.5 Å². The molecule has 0 bridgehead atoms. The van der Waals surface area contributed by atoms with Gasteiger partial charge in [-0.1, -0.05) is 6.07 Å². The molecule has 0 aliphatic rings. The fraction of sp³-hybridized carbons (Fsp3) is 0.364. The van der Waals surface area contributed by atoms with Crippen LogP contribution in [0.5, 0.6) is 0 Å². The van der Waals surface area contributed by atoms with Crippen molar-refractivity contribution in [2.45, 2.75) is 19.2 Å². The quantitative estimate of drug-likeness (QED) is 0.852. The van der Waals surface area contributed by atoms with Crippen LogP contribution in [-0.2, 0) is 15.7 Å². The zero-order chi connectivity index (χ0) is 13.9. The fourth-order valence-electron chi connectivity index (χ4n) is 1.46. The van der Waals surface area contributed by atoms with Crippen LogP contribution in [0.3, 0.4) is 0 Å². The lowest BCUT2D eigenvalue weighted by atomic mass is 10.0. The molecule has 0 aliphatic heterocycles. The van der Waals surface area contributed by atoms with E-state index in [0.717, 1.165) is 12.1 Å². The molecular weight excluding hydrogens is 256 g/mol. The Bertz CT molecular complexity index is 442. The zero-order valence-electron chi connectivity index (χ0n) is 9.29. The minimum Gasteiger partial charge on any atom is -0.479 e. The number of rotatable bonds is 4. The molecule has 0 amide bonds. The Morgan fingerprint density at radius 1 is 1.44 bits per heavy atom. The van der Waals surface area contributed by atoms with Crippen LogP contribution in [0.2, 0.25) is 0 Å². The van der Waals surface area contributed by atoms with Crippen molar-refractivity contribution in [3.8, 4) is 0 Å². The van der Waals surface area contributed by atoms with Gasteiger partial charge in [-0.3, -0.25) is 0 Å². The summed E-state index contributed by atoms with van der Waals surface area (Å²) in [4.78, 5) is 10.9. The first-order valence-corrected chi connectivity index (χ1v) is 4.98. The highest BCUT2D eigenvalue weighted by Crippen LogP contribution is 2.36. The Morgan fingerprint density at radius 2 is 2.06 bits per heavy atom. The molecule has 0 saturated heterocycles. The van der Waals surface area contributed by atoms with E-state index in [9.17, 15) is 22.4 Å². The van der Waals surface area contributed by atoms with Crippen molar-refractivity contribution < 1.29 is 32.2 Å². The Kier molecular flexibility index (Phi) is 4.28. The number of hydrogen-bond acceptors (Lipinski definition) is 2. The van der Waals surface area contributed by atoms with E-state index in [4.69, 9.17) is 9.84 Å². The lowest BCUT2D eigenvalue weighted by Gasteiger charge is -2.18. The van der Waals surface area contributed by atoms with Crippen LogP contribution in [0.25, 0.3) is 0 Å². The SMILES string of the molecule is CCOC(C(=O)O)c1ccc(F)cc1C(F)(F)F. The predicted octanol–water partition coefficient (Wildman–Crippen LogP) is 3.01. The molecule has 0 aliphatic carbocycles. The van der Waals surface area contributed by atoms with E-state index in [1.165, 1.54) is 6.92 Å². The van der Waals surface area contributed by atoms with Gasteiger partial charge in [0.25, 0.3) is 0 Å². The molecule has 0 aromatic heterocycles. The second-order valence-corrected chi connectivity index (χ2v) is 3.40. The average molecular weight is 266 g/mol. The minimum atomic E-state index is -4.85. The normalized spacial score (nSPS) is 13.4. The lowest BCUT2D eigenvalue weighted by Crippen LogP contribution is -2.20. The summed E-state index contributed by atoms with van der Waals surface area (Å²) in [5.41, 5.74) is -1.96. The first kappa shape index (κ1) is 14.4. The highest BCUT2D eigenvalue weighted by molar-refractivity contribution is 5.75. The molecule has 0 saturated carbocycles. The molecule has 0 radical (unpaired) electrons. The van der Waals surface area contributed by atoms with Crippen LogP contribution in [0.15, 0.2) is 18.2 Å². The van der Waals surface area contributed by atoms with Crippen molar-refractivity contribution in [2.24, 2.45) is 0 Å². The van der Waals surface area contributed by atoms with Gasteiger partial charge < -0.3 is 9.84 Å². The number of halogens is 4. The van der Waals surface area contributed by atoms with E-state index in [1.54, 1.807) is 0 Å². The number of carboxylic acid groups (broad SMARTS) is 1. The van der Waals surface area contributed by atoms with Crippen molar-refractivity contribution in [3.63, 3.8) is 0 Å². The van der Waals surface area contributed by atoms with Crippen molar-refractivity contribution in [1.29, 1.82) is 0 Å². The van der Waals surface area contributed by atoms with Crippen molar-refractivity contribution in [1.82, 2.24) is 0 Å². The predicted molar refractivity (Wildman–Crippen MR) is 53.4 cm³/mol. The maximum Gasteiger partial charge on any atom is 0.416 e. The number of benzene rings is 1. The number of carboxylic acids is 1. The van der Waals surface area contributed by atoms with Crippen LogP contribution in [0, 0.1) is 5.82 Å². The maximum absolute atomic E-state index is 12.8. The van der Waals surface area contributed by atoms with Crippen LogP contribution in [0.1, 0.15) is 24.2 Å². The molecule has 1 N–H and O–H groups in total. The van der Waals surface area contributed by atoms with E-state index in [0.29, 0.717) is 0 Å². The van der Waals surface area contributed by atoms with E-state index < -0.39 is 35.2 Å². The first-order chi connectivity index (χ1) is 8.27. The fourth-order valence-corrected chi connectivity index (χ4v) is 1.46. The molecule has 7 heteroatoms. The van der Waals surface area contributed by atoms with E-state index in [1.807, 2.05) is 0 Å². The van der Waals surface area contributed by atoms with Gasteiger partial charge in [0, 0.05) is 12.2 Å². The summed E-state index contributed by atoms with van der Waals surface area (Å²) in [6.07, 6.45) is -6.62. The van der Waals surface area contributed by atoms with Crippen LogP contribution in [0.4, 0.5) is 17.6 Å². The molecule has 1 rings (SSSR count). The number of hydrogen-bond donors (Lipinski definition) is 1. The second-order valence-electron chi connectivity index (χ2n) is 3.40. The summed E-state index contributed by atoms with van der Waals surface area (Å²) < 4.78 is 55.6. The molecule has 18 heavy (non-hydrogen) atoms. The summed E-state index contributed by atoms with van der Waals surface area (Å²) in [6.45, 7) is 1.37. The molecule has 100 valence electrons. The largest absolute Gasteiger partial charge is 0.479 e. The standard InChI is InChI=1S/C11H10F4O3/c1-2-18-9(10(16)17)7-4-3-6(12)5-8(7)11(13,14)15/h3-5,9H,2H2,1H3,(H,16,17). The summed E-state index contributed by atoms with van der Waals surface area (Å²) >= 11 is 0. The van der Waals surface area contributed by atoms with E-state index in [-0.39, 0.29) is 12.7 Å². The third-order valence-electron chi connectivity index (χ3n) is 2.16. The Labute approximate surface area is 100.0 Å². The van der Waals surface area contributed by atoms with Gasteiger partial charge in [0.05, 0.1) is 5.56 Å². The molecule has 0 heterocycles. The zero-order valence-corrected chi connectivity index (χ0v) is 9.29. The van der Waals surface area contributed by atoms with E-state index in [2.05, 4.69) is 0 Å². The van der Waals surface area contributed by atoms with Gasteiger partial charge in [0.15, 0.2) is 6.10 Å². The first-order valence-electron chi connectivity index (χ1n) is 4.98. The Balaban J connectivity index is 3.33. The third kappa shape index (κ3) is 3.19. The van der Waals surface area contributed by atoms with Crippen molar-refractivity contribution in [2.75, 3.05) is 6.61 Å². The van der Waals surface area contributed by atoms with Gasteiger partial charge in [-0.2, -0.15) is 13.2 Å². The van der Waals surface area contributed by atoms with E-state index >= 15 is 0 Å². The molecule has 1 aromatic carbocycles. The summed E-state index contributed by atoms with van der Waals surface area (Å²) in [5.74, 6) is -2.65. The van der Waals surface area contributed by atoms with Gasteiger partial charge in [0.1, 0.15) is 5.82 Å². The molecular formula is C11H10F4O3. The third-order valence-corrected chi connectivity index (χ3v) is 2.16. The van der Waals surface area contributed by atoms with Crippen molar-refractivity contribution >= 4 is 5.97 Å². The summed E-state index contributed by atoms with van der Waals surface area (Å²) in [7, 11) is 0. The smallest absolute Gasteiger partial charge is 0.416 e. The van der Waals surface area contributed by atoms with Crippen LogP contribution < -0.4 is 0 Å². The molecule has 3 nitrogen and oxygen atoms in total. The monoisotopic (exact) mass is 266 g/mol. The Morgan fingerprint density at radius 3 is 2.50 bits per heavy atom. The summed E-state index contributed by atoms with van der Waals surface area (Å²) in [5, 5.41) is 8.83. The Hall–Kier alpha value is -1.63. The number of aliphatic carboxylic acids is 1. The highest BCUT2D eigenvalue weighted by atomic mass is 19.4. The van der Waals surface area contributed by atoms with Gasteiger partial charge in [-0.15, -0.1) is 0 Å². The van der Waals surface area contributed by atoms with Gasteiger partial charge in [-0.25, -0.2) is 9.18 Å². The van der Waals surface area contributed by atoms with Gasteiger partial charge >= 0.3 is 12.1 Å². The van der Waals surface area contributed by atoms with Gasteiger partial charge in [0.2, 0.25) is 0 Å². The lowest BCUT2D eigenvalue weighted by molar-refractivity contribution is -0.153. The molecule has 1 aromatic rings. The van der Waals surface area contributed by atoms with Crippen LogP contribution in [-0.4, -0.2) is 17.7 Å². The molecule has 0 spiro atoms. The minimum absolute atomic E-state index is 0.0777. The maximum atomic E-state index is 12.8. The highest BCUT2D eigenvalue weighted by Gasteiger charge is 2.37. The molecule has 1 unspecified atom stereocenters. The average Bonchev–Trinajstić information content (AvgIpc) is 2.24. The second kappa shape index (κ2) is 5.34. The van der Waals surface area contributed by atoms with Gasteiger partial charge in [-0.05, 0) is 19.1 Å². The number of ether oxygens (including phenoxy) is 1. The molecule has 1 atom stereocenters. The van der Waals surface area contributed by atoms with Crippen molar-refractivity contribution in [3.05, 3.63) is 35.1 Å².